The summed E-state index contributed by atoms with van der Waals surface area (Å²) in [6, 6.07) is 9.90. The van der Waals surface area contributed by atoms with E-state index in [0.717, 1.165) is 16.7 Å². The highest BCUT2D eigenvalue weighted by atomic mass is 35.5. The van der Waals surface area contributed by atoms with Gasteiger partial charge in [-0.25, -0.2) is 4.79 Å². The van der Waals surface area contributed by atoms with Gasteiger partial charge in [-0.3, -0.25) is 14.5 Å². The Kier molecular flexibility index (Phi) is 8.06. The molecule has 1 fully saturated rings. The summed E-state index contributed by atoms with van der Waals surface area (Å²) in [6.07, 6.45) is 1.59. The van der Waals surface area contributed by atoms with Crippen LogP contribution in [0.4, 0.5) is 4.79 Å². The van der Waals surface area contributed by atoms with Crippen LogP contribution in [-0.2, 0) is 20.9 Å². The average Bonchev–Trinajstić information content (AvgIpc) is 3.02. The predicted octanol–water partition coefficient (Wildman–Crippen LogP) is 5.18. The van der Waals surface area contributed by atoms with Crippen LogP contribution in [0.15, 0.2) is 41.3 Å². The number of ether oxygens (including phenoxy) is 3. The number of esters is 1. The molecule has 2 amide bonds. The molecule has 0 atom stereocenters. The molecule has 1 aliphatic heterocycles. The molecule has 1 saturated heterocycles. The van der Waals surface area contributed by atoms with Crippen LogP contribution in [0.5, 0.6) is 11.5 Å². The van der Waals surface area contributed by atoms with Gasteiger partial charge in [0.2, 0.25) is 0 Å². The average molecular weight is 496 g/mol. The number of imide groups is 1. The Bertz CT molecular complexity index is 1090. The van der Waals surface area contributed by atoms with E-state index < -0.39 is 11.9 Å². The first-order valence-electron chi connectivity index (χ1n) is 9.48. The Morgan fingerprint density at radius 3 is 2.56 bits per heavy atom. The molecule has 32 heavy (non-hydrogen) atoms. The second kappa shape index (κ2) is 10.8. The van der Waals surface area contributed by atoms with Gasteiger partial charge in [0.05, 0.1) is 35.2 Å². The lowest BCUT2D eigenvalue weighted by Crippen LogP contribution is -2.27. The van der Waals surface area contributed by atoms with Gasteiger partial charge >= 0.3 is 5.97 Å². The van der Waals surface area contributed by atoms with Crippen LogP contribution in [0.2, 0.25) is 10.0 Å². The molecule has 1 heterocycles. The minimum atomic E-state index is -0.491. The van der Waals surface area contributed by atoms with Crippen molar-refractivity contribution in [3.63, 3.8) is 0 Å². The van der Waals surface area contributed by atoms with Crippen LogP contribution in [-0.4, -0.2) is 42.3 Å². The van der Waals surface area contributed by atoms with E-state index in [4.69, 9.17) is 37.4 Å². The second-order valence-electron chi connectivity index (χ2n) is 6.52. The van der Waals surface area contributed by atoms with Crippen molar-refractivity contribution in [2.75, 3.05) is 20.3 Å². The lowest BCUT2D eigenvalue weighted by atomic mass is 10.1. The van der Waals surface area contributed by atoms with Crippen molar-refractivity contribution in [2.45, 2.75) is 13.5 Å². The topological polar surface area (TPSA) is 82.1 Å². The van der Waals surface area contributed by atoms with Crippen molar-refractivity contribution < 1.29 is 28.6 Å². The van der Waals surface area contributed by atoms with Crippen LogP contribution < -0.4 is 9.47 Å². The summed E-state index contributed by atoms with van der Waals surface area (Å²) in [4.78, 5) is 38.1. The molecule has 0 radical (unpaired) electrons. The lowest BCUT2D eigenvalue weighted by molar-refractivity contribution is -0.145. The molecular weight excluding hydrogens is 477 g/mol. The van der Waals surface area contributed by atoms with E-state index in [2.05, 4.69) is 0 Å². The van der Waals surface area contributed by atoms with Gasteiger partial charge in [0.15, 0.2) is 18.1 Å². The fraction of sp³-hybridized carbons (Fsp3) is 0.227. The van der Waals surface area contributed by atoms with Gasteiger partial charge in [0.1, 0.15) is 0 Å². The molecule has 0 saturated carbocycles. The summed E-state index contributed by atoms with van der Waals surface area (Å²) in [7, 11) is 1.46. The van der Waals surface area contributed by atoms with Gasteiger partial charge in [0.25, 0.3) is 11.1 Å². The third-order valence-corrected chi connectivity index (χ3v) is 5.98. The van der Waals surface area contributed by atoms with Gasteiger partial charge in [-0.15, -0.1) is 0 Å². The number of rotatable bonds is 8. The molecule has 0 aromatic heterocycles. The van der Waals surface area contributed by atoms with Crippen LogP contribution in [0.25, 0.3) is 6.08 Å². The minimum Gasteiger partial charge on any atom is -0.493 e. The van der Waals surface area contributed by atoms with E-state index in [1.54, 1.807) is 49.4 Å². The monoisotopic (exact) mass is 495 g/mol. The van der Waals surface area contributed by atoms with E-state index in [1.807, 2.05) is 0 Å². The molecule has 2 aromatic carbocycles. The molecule has 10 heteroatoms. The molecular formula is C22H19Cl2NO6S. The van der Waals surface area contributed by atoms with Gasteiger partial charge < -0.3 is 14.2 Å². The summed E-state index contributed by atoms with van der Waals surface area (Å²) in [5, 5.41) is 0.366. The number of hydrogen-bond donors (Lipinski definition) is 0. The molecule has 7 nitrogen and oxygen atoms in total. The van der Waals surface area contributed by atoms with E-state index in [0.29, 0.717) is 32.7 Å². The lowest BCUT2D eigenvalue weighted by Gasteiger charge is -2.13. The number of benzene rings is 2. The highest BCUT2D eigenvalue weighted by Crippen LogP contribution is 2.35. The standard InChI is InChI=1S/C22H19Cl2NO6S/c1-3-30-20(26)12-31-17-7-5-13(9-18(17)29-2)10-19-21(27)25(22(28)32-19)11-14-4-6-15(23)16(24)8-14/h4-10H,3,11-12H2,1-2H3/b19-10-. The normalized spacial score (nSPS) is 14.8. The van der Waals surface area contributed by atoms with Gasteiger partial charge in [-0.2, -0.15) is 0 Å². The van der Waals surface area contributed by atoms with Gasteiger partial charge in [-0.05, 0) is 60.2 Å². The summed E-state index contributed by atoms with van der Waals surface area (Å²) >= 11 is 12.8. The number of amides is 2. The Hall–Kier alpha value is -2.68. The molecule has 1 aliphatic rings. The fourth-order valence-corrected chi connectivity index (χ4v) is 4.00. The predicted molar refractivity (Wildman–Crippen MR) is 123 cm³/mol. The van der Waals surface area contributed by atoms with Crippen molar-refractivity contribution in [1.29, 1.82) is 0 Å². The Balaban J connectivity index is 1.74. The van der Waals surface area contributed by atoms with Gasteiger partial charge in [-0.1, -0.05) is 35.3 Å². The molecule has 0 aliphatic carbocycles. The van der Waals surface area contributed by atoms with Crippen LogP contribution >= 0.6 is 35.0 Å². The van der Waals surface area contributed by atoms with Crippen molar-refractivity contribution in [3.8, 4) is 11.5 Å². The number of carbonyl (C=O) groups excluding carboxylic acids is 3. The zero-order chi connectivity index (χ0) is 23.3. The highest BCUT2D eigenvalue weighted by Gasteiger charge is 2.35. The SMILES string of the molecule is CCOC(=O)COc1ccc(/C=C2\SC(=O)N(Cc3ccc(Cl)c(Cl)c3)C2=O)cc1OC. The third-order valence-electron chi connectivity index (χ3n) is 4.33. The number of halogens is 2. The molecule has 2 aromatic rings. The zero-order valence-electron chi connectivity index (χ0n) is 17.2. The van der Waals surface area contributed by atoms with Crippen LogP contribution in [0, 0.1) is 0 Å². The Labute approximate surface area is 199 Å². The molecule has 0 bridgehead atoms. The largest absolute Gasteiger partial charge is 0.493 e. The molecule has 0 unspecified atom stereocenters. The number of carbonyl (C=O) groups is 3. The first kappa shape index (κ1) is 24.0. The zero-order valence-corrected chi connectivity index (χ0v) is 19.6. The molecule has 0 spiro atoms. The van der Waals surface area contributed by atoms with E-state index in [9.17, 15) is 14.4 Å². The van der Waals surface area contributed by atoms with Crippen molar-refractivity contribution >= 4 is 58.2 Å². The number of hydrogen-bond acceptors (Lipinski definition) is 7. The highest BCUT2D eigenvalue weighted by molar-refractivity contribution is 8.18. The maximum absolute atomic E-state index is 12.8. The molecule has 0 N–H and O–H groups in total. The number of nitrogens with zero attached hydrogens (tertiary/aromatic N) is 1. The summed E-state index contributed by atoms with van der Waals surface area (Å²) in [6.45, 7) is 1.80. The minimum absolute atomic E-state index is 0.0862. The van der Waals surface area contributed by atoms with E-state index >= 15 is 0 Å². The van der Waals surface area contributed by atoms with Crippen molar-refractivity contribution in [2.24, 2.45) is 0 Å². The summed E-state index contributed by atoms with van der Waals surface area (Å²) in [5.41, 5.74) is 1.32. The number of thioether (sulfide) groups is 1. The summed E-state index contributed by atoms with van der Waals surface area (Å²) in [5.74, 6) is -0.175. The van der Waals surface area contributed by atoms with Crippen LogP contribution in [0.1, 0.15) is 18.1 Å². The quantitative estimate of drug-likeness (QED) is 0.368. The third kappa shape index (κ3) is 5.76. The smallest absolute Gasteiger partial charge is 0.344 e. The van der Waals surface area contributed by atoms with E-state index in [-0.39, 0.29) is 29.9 Å². The molecule has 3 rings (SSSR count). The maximum Gasteiger partial charge on any atom is 0.344 e. The van der Waals surface area contributed by atoms with Gasteiger partial charge in [0, 0.05) is 0 Å². The summed E-state index contributed by atoms with van der Waals surface area (Å²) < 4.78 is 15.6. The Morgan fingerprint density at radius 1 is 1.09 bits per heavy atom. The van der Waals surface area contributed by atoms with Crippen molar-refractivity contribution in [1.82, 2.24) is 4.90 Å². The molecule has 168 valence electrons. The Morgan fingerprint density at radius 2 is 1.88 bits per heavy atom. The van der Waals surface area contributed by atoms with Crippen molar-refractivity contribution in [3.05, 3.63) is 62.5 Å². The van der Waals surface area contributed by atoms with Crippen LogP contribution in [0.3, 0.4) is 0 Å². The fourth-order valence-electron chi connectivity index (χ4n) is 2.84. The first-order valence-corrected chi connectivity index (χ1v) is 11.1. The van der Waals surface area contributed by atoms with E-state index in [1.165, 1.54) is 7.11 Å². The first-order chi connectivity index (χ1) is 15.3. The maximum atomic E-state index is 12.8. The number of methoxy groups -OCH3 is 1. The second-order valence-corrected chi connectivity index (χ2v) is 8.33.